The molecule has 0 saturated heterocycles. The molecule has 0 bridgehead atoms. The summed E-state index contributed by atoms with van der Waals surface area (Å²) in [5.74, 6) is 0.973. The quantitative estimate of drug-likeness (QED) is 0.799. The smallest absolute Gasteiger partial charge is 0.494 e. The Bertz CT molecular complexity index is 532. The molecule has 1 heterocycles. The molecule has 0 unspecified atom stereocenters. The molecule has 1 aromatic heterocycles. The van der Waals surface area contributed by atoms with Gasteiger partial charge >= 0.3 is 6.16 Å². The van der Waals surface area contributed by atoms with Gasteiger partial charge in [0.25, 0.3) is 0 Å². The zero-order valence-electron chi connectivity index (χ0n) is 9.40. The van der Waals surface area contributed by atoms with E-state index in [0.717, 1.165) is 23.1 Å². The number of H-pyrrole nitrogens is 1. The van der Waals surface area contributed by atoms with Crippen molar-refractivity contribution in [3.8, 4) is 11.6 Å². The maximum atomic E-state index is 10.4. The van der Waals surface area contributed by atoms with Crippen LogP contribution in [0.5, 0.6) is 11.6 Å². The average Bonchev–Trinajstić information content (AvgIpc) is 2.66. The first-order valence-electron chi connectivity index (χ1n) is 5.35. The van der Waals surface area contributed by atoms with Crippen LogP contribution in [0.3, 0.4) is 0 Å². The van der Waals surface area contributed by atoms with Gasteiger partial charge in [-0.1, -0.05) is 6.92 Å². The molecule has 0 atom stereocenters. The number of rotatable bonds is 4. The van der Waals surface area contributed by atoms with Crippen LogP contribution in [-0.4, -0.2) is 22.9 Å². The van der Waals surface area contributed by atoms with Gasteiger partial charge in [0, 0.05) is 17.0 Å². The number of aromatic nitrogens is 1. The maximum absolute atomic E-state index is 10.4. The van der Waals surface area contributed by atoms with Gasteiger partial charge in [-0.2, -0.15) is 0 Å². The summed E-state index contributed by atoms with van der Waals surface area (Å²) < 4.78 is 10.0. The average molecular weight is 235 g/mol. The number of fused-ring (bicyclic) bond motifs is 1. The lowest BCUT2D eigenvalue weighted by Gasteiger charge is -2.03. The summed E-state index contributed by atoms with van der Waals surface area (Å²) in [4.78, 5) is 13.2. The van der Waals surface area contributed by atoms with Crippen molar-refractivity contribution >= 4 is 17.1 Å². The molecule has 0 aliphatic heterocycles. The minimum absolute atomic E-state index is 0.208. The molecule has 0 aliphatic carbocycles. The number of hydrogen-bond donors (Lipinski definition) is 2. The van der Waals surface area contributed by atoms with Gasteiger partial charge in [0.1, 0.15) is 5.75 Å². The van der Waals surface area contributed by atoms with E-state index < -0.39 is 6.16 Å². The number of hydrogen-bond acceptors (Lipinski definition) is 3. The summed E-state index contributed by atoms with van der Waals surface area (Å²) in [6.07, 6.45) is -0.391. The standard InChI is InChI=1S/C12H13NO4/c1-2-5-16-9-3-4-10-8(6-9)7-11(13-10)17-12(14)15/h3-4,6-7,13H,2,5H2,1H3,(H,14,15). The van der Waals surface area contributed by atoms with Gasteiger partial charge in [0.15, 0.2) is 0 Å². The highest BCUT2D eigenvalue weighted by Gasteiger charge is 2.06. The topological polar surface area (TPSA) is 71.5 Å². The Hall–Kier alpha value is -2.17. The summed E-state index contributed by atoms with van der Waals surface area (Å²) in [5, 5.41) is 9.35. The summed E-state index contributed by atoms with van der Waals surface area (Å²) in [7, 11) is 0. The van der Waals surface area contributed by atoms with Gasteiger partial charge in [0.2, 0.25) is 5.88 Å². The Morgan fingerprint density at radius 3 is 2.94 bits per heavy atom. The first-order valence-corrected chi connectivity index (χ1v) is 5.35. The highest BCUT2D eigenvalue weighted by atomic mass is 16.7. The highest BCUT2D eigenvalue weighted by molar-refractivity contribution is 5.83. The number of aromatic amines is 1. The number of carbonyl (C=O) groups is 1. The lowest BCUT2D eigenvalue weighted by atomic mass is 10.2. The van der Waals surface area contributed by atoms with Crippen LogP contribution in [0.25, 0.3) is 10.9 Å². The van der Waals surface area contributed by atoms with Gasteiger partial charge in [-0.05, 0) is 24.6 Å². The van der Waals surface area contributed by atoms with Crippen LogP contribution < -0.4 is 9.47 Å². The van der Waals surface area contributed by atoms with Gasteiger partial charge in [-0.3, -0.25) is 0 Å². The van der Waals surface area contributed by atoms with E-state index >= 15 is 0 Å². The molecule has 0 fully saturated rings. The fourth-order valence-electron chi connectivity index (χ4n) is 1.54. The third-order valence-corrected chi connectivity index (χ3v) is 2.24. The van der Waals surface area contributed by atoms with Crippen molar-refractivity contribution < 1.29 is 19.4 Å². The summed E-state index contributed by atoms with van der Waals surface area (Å²) >= 11 is 0. The van der Waals surface area contributed by atoms with Crippen LogP contribution in [0, 0.1) is 0 Å². The summed E-state index contributed by atoms with van der Waals surface area (Å²) in [5.41, 5.74) is 0.810. The van der Waals surface area contributed by atoms with Crippen molar-refractivity contribution in [3.05, 3.63) is 24.3 Å². The second kappa shape index (κ2) is 4.78. The van der Waals surface area contributed by atoms with Crippen LogP contribution in [0.4, 0.5) is 4.79 Å². The molecule has 2 N–H and O–H groups in total. The van der Waals surface area contributed by atoms with Crippen LogP contribution >= 0.6 is 0 Å². The van der Waals surface area contributed by atoms with E-state index in [4.69, 9.17) is 9.84 Å². The second-order valence-corrected chi connectivity index (χ2v) is 3.60. The van der Waals surface area contributed by atoms with E-state index in [2.05, 4.69) is 9.72 Å². The Morgan fingerprint density at radius 1 is 1.41 bits per heavy atom. The van der Waals surface area contributed by atoms with Crippen LogP contribution in [0.1, 0.15) is 13.3 Å². The fourth-order valence-corrected chi connectivity index (χ4v) is 1.54. The summed E-state index contributed by atoms with van der Waals surface area (Å²) in [6.45, 7) is 2.70. The Kier molecular flexibility index (Phi) is 3.18. The van der Waals surface area contributed by atoms with Crippen LogP contribution in [0.15, 0.2) is 24.3 Å². The van der Waals surface area contributed by atoms with Crippen molar-refractivity contribution in [1.82, 2.24) is 4.98 Å². The molecule has 0 saturated carbocycles. The molecule has 5 nitrogen and oxygen atoms in total. The Morgan fingerprint density at radius 2 is 2.24 bits per heavy atom. The van der Waals surface area contributed by atoms with E-state index in [0.29, 0.717) is 6.61 Å². The Labute approximate surface area is 98.0 Å². The first-order chi connectivity index (χ1) is 8.19. The number of ether oxygens (including phenoxy) is 2. The molecule has 17 heavy (non-hydrogen) atoms. The van der Waals surface area contributed by atoms with Crippen molar-refractivity contribution in [3.63, 3.8) is 0 Å². The monoisotopic (exact) mass is 235 g/mol. The molecular formula is C12H13NO4. The van der Waals surface area contributed by atoms with E-state index in [-0.39, 0.29) is 5.88 Å². The van der Waals surface area contributed by atoms with Crippen LogP contribution in [0.2, 0.25) is 0 Å². The van der Waals surface area contributed by atoms with E-state index in [9.17, 15) is 4.79 Å². The van der Waals surface area contributed by atoms with E-state index in [1.54, 1.807) is 6.07 Å². The number of nitrogens with one attached hydrogen (secondary N) is 1. The van der Waals surface area contributed by atoms with Crippen molar-refractivity contribution in [2.75, 3.05) is 6.61 Å². The molecule has 0 amide bonds. The SMILES string of the molecule is CCCOc1ccc2[nH]c(OC(=O)O)cc2c1. The van der Waals surface area contributed by atoms with E-state index in [1.165, 1.54) is 0 Å². The third kappa shape index (κ3) is 2.69. The van der Waals surface area contributed by atoms with Gasteiger partial charge in [0.05, 0.1) is 6.61 Å². The summed E-state index contributed by atoms with van der Waals surface area (Å²) in [6, 6.07) is 7.13. The zero-order valence-corrected chi connectivity index (χ0v) is 9.40. The lowest BCUT2D eigenvalue weighted by Crippen LogP contribution is -2.02. The molecular weight excluding hydrogens is 222 g/mol. The minimum Gasteiger partial charge on any atom is -0.494 e. The van der Waals surface area contributed by atoms with E-state index in [1.807, 2.05) is 25.1 Å². The molecule has 2 rings (SSSR count). The predicted octanol–water partition coefficient (Wildman–Crippen LogP) is 3.01. The number of benzene rings is 1. The third-order valence-electron chi connectivity index (χ3n) is 2.24. The molecule has 1 aromatic carbocycles. The fraction of sp³-hybridized carbons (Fsp3) is 0.250. The van der Waals surface area contributed by atoms with Gasteiger partial charge in [-0.15, -0.1) is 0 Å². The normalized spacial score (nSPS) is 10.4. The first kappa shape index (κ1) is 11.3. The zero-order chi connectivity index (χ0) is 12.3. The predicted molar refractivity (Wildman–Crippen MR) is 62.7 cm³/mol. The molecule has 0 aliphatic rings. The second-order valence-electron chi connectivity index (χ2n) is 3.60. The largest absolute Gasteiger partial charge is 0.512 e. The van der Waals surface area contributed by atoms with Crippen molar-refractivity contribution in [2.45, 2.75) is 13.3 Å². The lowest BCUT2D eigenvalue weighted by molar-refractivity contribution is 0.143. The van der Waals surface area contributed by atoms with Gasteiger partial charge in [-0.25, -0.2) is 4.79 Å². The van der Waals surface area contributed by atoms with Crippen molar-refractivity contribution in [1.29, 1.82) is 0 Å². The molecule has 5 heteroatoms. The molecule has 0 spiro atoms. The highest BCUT2D eigenvalue weighted by Crippen LogP contribution is 2.25. The van der Waals surface area contributed by atoms with Gasteiger partial charge < -0.3 is 19.6 Å². The van der Waals surface area contributed by atoms with Crippen LogP contribution in [-0.2, 0) is 0 Å². The minimum atomic E-state index is -1.33. The molecule has 2 aromatic rings. The van der Waals surface area contributed by atoms with Crippen molar-refractivity contribution in [2.24, 2.45) is 0 Å². The molecule has 0 radical (unpaired) electrons. The maximum Gasteiger partial charge on any atom is 0.512 e. The Balaban J connectivity index is 2.24. The number of carboxylic acid groups (broad SMARTS) is 1. The molecule has 90 valence electrons.